The molecule has 1 aliphatic rings. The van der Waals surface area contributed by atoms with Crippen LogP contribution in [-0.4, -0.2) is 98.6 Å². The lowest BCUT2D eigenvalue weighted by atomic mass is 9.99. The van der Waals surface area contributed by atoms with Crippen molar-refractivity contribution in [2.75, 3.05) is 44.2 Å². The fourth-order valence-corrected chi connectivity index (χ4v) is 4.05. The zero-order valence-corrected chi connectivity index (χ0v) is 23.6. The number of para-hydroxylation sites is 1. The maximum atomic E-state index is 13.2. The standard InChI is InChI=1S/C22H22F3N3O.2C4H4O4/c23-22(24,25)17-5-3-4-16(14-17)19-15-21(26-20-7-2-1-6-18(19)20)28-10-8-27(9-11-28)12-13-29;2*5-3(6)1-2-4(7)8/h1-7,14-15,29H,8-13H2;2*1-2H,(H,5,6)(H,7,8)/b;2*2-1-. The van der Waals surface area contributed by atoms with Crippen molar-refractivity contribution in [1.82, 2.24) is 9.88 Å². The van der Waals surface area contributed by atoms with Crippen molar-refractivity contribution in [2.24, 2.45) is 0 Å². The highest BCUT2D eigenvalue weighted by molar-refractivity contribution is 5.96. The zero-order chi connectivity index (χ0) is 33.6. The van der Waals surface area contributed by atoms with Crippen molar-refractivity contribution in [3.05, 3.63) is 84.5 Å². The first-order valence-corrected chi connectivity index (χ1v) is 13.1. The van der Waals surface area contributed by atoms with Gasteiger partial charge in [-0.25, -0.2) is 24.2 Å². The van der Waals surface area contributed by atoms with Crippen molar-refractivity contribution in [1.29, 1.82) is 0 Å². The highest BCUT2D eigenvalue weighted by atomic mass is 19.4. The van der Waals surface area contributed by atoms with Gasteiger partial charge < -0.3 is 30.4 Å². The summed E-state index contributed by atoms with van der Waals surface area (Å²) < 4.78 is 39.7. The van der Waals surface area contributed by atoms with Gasteiger partial charge in [0, 0.05) is 62.4 Å². The number of halogens is 3. The van der Waals surface area contributed by atoms with Gasteiger partial charge in [0.25, 0.3) is 0 Å². The van der Waals surface area contributed by atoms with Crippen LogP contribution in [0, 0.1) is 0 Å². The van der Waals surface area contributed by atoms with E-state index in [1.165, 1.54) is 12.1 Å². The summed E-state index contributed by atoms with van der Waals surface area (Å²) >= 11 is 0. The molecule has 15 heteroatoms. The molecule has 1 aromatic heterocycles. The summed E-state index contributed by atoms with van der Waals surface area (Å²) in [5.74, 6) is -4.26. The van der Waals surface area contributed by atoms with Gasteiger partial charge in [0.1, 0.15) is 5.82 Å². The minimum Gasteiger partial charge on any atom is -0.478 e. The van der Waals surface area contributed by atoms with Gasteiger partial charge in [-0.1, -0.05) is 30.3 Å². The number of nitrogens with zero attached hydrogens (tertiary/aromatic N) is 3. The number of β-amino-alcohol motifs (C(OH)–C–C–N with tert-alkyl or cyclic N) is 1. The van der Waals surface area contributed by atoms with Crippen LogP contribution in [0.1, 0.15) is 5.56 Å². The first-order chi connectivity index (χ1) is 21.2. The van der Waals surface area contributed by atoms with E-state index in [1.807, 2.05) is 30.3 Å². The summed E-state index contributed by atoms with van der Waals surface area (Å²) in [6.45, 7) is 3.92. The first-order valence-electron chi connectivity index (χ1n) is 13.1. The molecule has 240 valence electrons. The second kappa shape index (κ2) is 17.1. The number of hydrogen-bond acceptors (Lipinski definition) is 8. The van der Waals surface area contributed by atoms with Gasteiger partial charge in [0.15, 0.2) is 0 Å². The van der Waals surface area contributed by atoms with Crippen LogP contribution in [0.5, 0.6) is 0 Å². The molecule has 4 rings (SSSR count). The summed E-state index contributed by atoms with van der Waals surface area (Å²) in [6.07, 6.45) is -2.15. The first kappa shape index (κ1) is 35.9. The summed E-state index contributed by atoms with van der Waals surface area (Å²) in [7, 11) is 0. The fraction of sp³-hybridized carbons (Fsp3) is 0.233. The third-order valence-electron chi connectivity index (χ3n) is 6.05. The number of pyridine rings is 1. The molecule has 0 amide bonds. The predicted molar refractivity (Wildman–Crippen MR) is 157 cm³/mol. The quantitative estimate of drug-likeness (QED) is 0.228. The van der Waals surface area contributed by atoms with Crippen LogP contribution in [0.3, 0.4) is 0 Å². The minimum atomic E-state index is -4.38. The predicted octanol–water partition coefficient (Wildman–Crippen LogP) is 3.46. The number of piperazine rings is 1. The third kappa shape index (κ3) is 12.5. The van der Waals surface area contributed by atoms with E-state index in [0.717, 1.165) is 54.5 Å². The van der Waals surface area contributed by atoms with E-state index in [2.05, 4.69) is 9.80 Å². The SMILES string of the molecule is O=C(O)/C=C\C(=O)O.O=C(O)/C=C\C(=O)O.OCCN1CCN(c2cc(-c3cccc(C(F)(F)F)c3)c3ccccc3n2)CC1. The Morgan fingerprint density at radius 1 is 0.756 bits per heavy atom. The number of aliphatic carboxylic acids is 4. The molecule has 0 atom stereocenters. The van der Waals surface area contributed by atoms with E-state index in [9.17, 15) is 32.3 Å². The molecule has 1 aliphatic heterocycles. The van der Waals surface area contributed by atoms with Crippen molar-refractivity contribution >= 4 is 40.6 Å². The van der Waals surface area contributed by atoms with Crippen molar-refractivity contribution < 1.29 is 57.9 Å². The van der Waals surface area contributed by atoms with Crippen molar-refractivity contribution in [3.63, 3.8) is 0 Å². The summed E-state index contributed by atoms with van der Waals surface area (Å²) in [4.78, 5) is 47.3. The molecular formula is C30H30F3N3O9. The number of rotatable bonds is 8. The lowest BCUT2D eigenvalue weighted by Crippen LogP contribution is -2.47. The van der Waals surface area contributed by atoms with E-state index in [0.29, 0.717) is 36.4 Å². The Bertz CT molecular complexity index is 1480. The molecule has 2 aromatic carbocycles. The Labute approximate surface area is 254 Å². The molecule has 45 heavy (non-hydrogen) atoms. The van der Waals surface area contributed by atoms with Gasteiger partial charge in [-0.3, -0.25) is 4.90 Å². The van der Waals surface area contributed by atoms with Gasteiger partial charge >= 0.3 is 30.1 Å². The van der Waals surface area contributed by atoms with Crippen LogP contribution in [0.15, 0.2) is 78.9 Å². The Morgan fingerprint density at radius 3 is 1.78 bits per heavy atom. The van der Waals surface area contributed by atoms with Crippen LogP contribution >= 0.6 is 0 Å². The molecule has 0 saturated carbocycles. The molecule has 1 saturated heterocycles. The molecule has 0 bridgehead atoms. The lowest BCUT2D eigenvalue weighted by Gasteiger charge is -2.35. The van der Waals surface area contributed by atoms with Crippen LogP contribution in [0.2, 0.25) is 0 Å². The normalized spacial score (nSPS) is 13.6. The maximum Gasteiger partial charge on any atom is 0.416 e. The number of alkyl halides is 3. The number of fused-ring (bicyclic) bond motifs is 1. The second-order valence-corrected chi connectivity index (χ2v) is 9.20. The minimum absolute atomic E-state index is 0.133. The van der Waals surface area contributed by atoms with Crippen LogP contribution in [0.4, 0.5) is 19.0 Å². The number of aromatic nitrogens is 1. The lowest BCUT2D eigenvalue weighted by molar-refractivity contribution is -0.137. The molecule has 12 nitrogen and oxygen atoms in total. The van der Waals surface area contributed by atoms with Gasteiger partial charge in [0.2, 0.25) is 0 Å². The molecule has 0 aliphatic carbocycles. The molecule has 2 heterocycles. The highest BCUT2D eigenvalue weighted by Crippen LogP contribution is 2.36. The fourth-order valence-electron chi connectivity index (χ4n) is 4.05. The number of aliphatic hydroxyl groups excluding tert-OH is 1. The Balaban J connectivity index is 0.000000365. The Morgan fingerprint density at radius 2 is 1.29 bits per heavy atom. The Kier molecular flexibility index (Phi) is 13.7. The monoisotopic (exact) mass is 633 g/mol. The molecule has 0 spiro atoms. The average Bonchev–Trinajstić information content (AvgIpc) is 2.99. The zero-order valence-electron chi connectivity index (χ0n) is 23.6. The number of anilines is 1. The van der Waals surface area contributed by atoms with E-state index < -0.39 is 35.6 Å². The van der Waals surface area contributed by atoms with Gasteiger partial charge in [-0.2, -0.15) is 13.2 Å². The third-order valence-corrected chi connectivity index (χ3v) is 6.05. The van der Waals surface area contributed by atoms with E-state index in [4.69, 9.17) is 30.5 Å². The van der Waals surface area contributed by atoms with Crippen molar-refractivity contribution in [3.8, 4) is 11.1 Å². The van der Waals surface area contributed by atoms with E-state index >= 15 is 0 Å². The molecular weight excluding hydrogens is 603 g/mol. The van der Waals surface area contributed by atoms with Crippen LogP contribution < -0.4 is 4.90 Å². The summed E-state index contributed by atoms with van der Waals surface area (Å²) in [6, 6.07) is 14.9. The second-order valence-electron chi connectivity index (χ2n) is 9.20. The number of hydrogen-bond donors (Lipinski definition) is 5. The van der Waals surface area contributed by atoms with E-state index in [-0.39, 0.29) is 6.61 Å². The average molecular weight is 634 g/mol. The number of benzene rings is 2. The van der Waals surface area contributed by atoms with Gasteiger partial charge in [0.05, 0.1) is 17.7 Å². The summed E-state index contributed by atoms with van der Waals surface area (Å²) in [5, 5.41) is 41.2. The molecule has 1 fully saturated rings. The number of carboxylic acids is 4. The van der Waals surface area contributed by atoms with Crippen LogP contribution in [0.25, 0.3) is 22.0 Å². The topological polar surface area (TPSA) is 189 Å². The molecule has 0 radical (unpaired) electrons. The number of aliphatic hydroxyl groups is 1. The van der Waals surface area contributed by atoms with Crippen LogP contribution in [-0.2, 0) is 25.4 Å². The molecule has 5 N–H and O–H groups in total. The molecule has 0 unspecified atom stereocenters. The van der Waals surface area contributed by atoms with Crippen molar-refractivity contribution in [2.45, 2.75) is 6.18 Å². The summed E-state index contributed by atoms with van der Waals surface area (Å²) in [5.41, 5.74) is 1.37. The van der Waals surface area contributed by atoms with Gasteiger partial charge in [-0.05, 0) is 35.4 Å². The highest BCUT2D eigenvalue weighted by Gasteiger charge is 2.30. The maximum absolute atomic E-state index is 13.2. The number of carbonyl (C=O) groups is 4. The molecule has 3 aromatic rings. The van der Waals surface area contributed by atoms with Gasteiger partial charge in [-0.15, -0.1) is 0 Å². The number of carboxylic acid groups (broad SMARTS) is 4. The largest absolute Gasteiger partial charge is 0.478 e. The van der Waals surface area contributed by atoms with E-state index in [1.54, 1.807) is 6.07 Å². The smallest absolute Gasteiger partial charge is 0.416 e. The Hall–Kier alpha value is -5.28.